The number of ether oxygens (including phenoxy) is 1. The maximum absolute atomic E-state index is 8.00. The molecule has 2 fully saturated rings. The quantitative estimate of drug-likeness (QED) is 0.705. The van der Waals surface area contributed by atoms with Gasteiger partial charge >= 0.3 is 0 Å². The van der Waals surface area contributed by atoms with E-state index in [-0.39, 0.29) is 0 Å². The summed E-state index contributed by atoms with van der Waals surface area (Å²) in [5.41, 5.74) is 0. The van der Waals surface area contributed by atoms with Crippen LogP contribution in [0, 0.1) is 11.8 Å². The first-order chi connectivity index (χ1) is 9.24. The van der Waals surface area contributed by atoms with Gasteiger partial charge in [0.25, 0.3) is 0 Å². The van der Waals surface area contributed by atoms with Gasteiger partial charge in [0.05, 0.1) is 12.2 Å². The molecular weight excluding hydrogens is 236 g/mol. The minimum absolute atomic E-state index is 0.597. The first-order valence-corrected chi connectivity index (χ1v) is 8.18. The summed E-state index contributed by atoms with van der Waals surface area (Å²) in [6.45, 7) is 10.7. The summed E-state index contributed by atoms with van der Waals surface area (Å²) >= 11 is 0. The van der Waals surface area contributed by atoms with E-state index in [9.17, 15) is 0 Å². The second kappa shape index (κ2) is 11.5. The lowest BCUT2D eigenvalue weighted by atomic mass is 9.87. The average molecular weight is 270 g/mol. The lowest BCUT2D eigenvalue weighted by Crippen LogP contribution is -2.28. The zero-order chi connectivity index (χ0) is 14.7. The molecule has 114 valence electrons. The molecule has 2 rings (SSSR count). The smallest absolute Gasteiger partial charge is 0.106 e. The molecule has 0 heterocycles. The Morgan fingerprint density at radius 2 is 0.947 bits per heavy atom. The third-order valence-corrected chi connectivity index (χ3v) is 4.31. The molecule has 2 aliphatic rings. The average Bonchev–Trinajstić information content (AvgIpc) is 2.48. The number of hydrogen-bond acceptors (Lipinski definition) is 2. The fourth-order valence-corrected chi connectivity index (χ4v) is 3.00. The predicted molar refractivity (Wildman–Crippen MR) is 82.4 cm³/mol. The van der Waals surface area contributed by atoms with Crippen LogP contribution < -0.4 is 0 Å². The van der Waals surface area contributed by atoms with Crippen LogP contribution in [0.5, 0.6) is 0 Å². The fraction of sp³-hybridized carbons (Fsp3) is 0.941. The highest BCUT2D eigenvalue weighted by Crippen LogP contribution is 2.31. The Morgan fingerprint density at radius 3 is 1.21 bits per heavy atom. The third-order valence-electron chi connectivity index (χ3n) is 4.31. The van der Waals surface area contributed by atoms with Crippen LogP contribution >= 0.6 is 0 Å². The lowest BCUT2D eigenvalue weighted by molar-refractivity contribution is -0.0979. The molecular formula is C17H34O2. The second-order valence-corrected chi connectivity index (χ2v) is 5.90. The van der Waals surface area contributed by atoms with Gasteiger partial charge < -0.3 is 9.53 Å². The van der Waals surface area contributed by atoms with Gasteiger partial charge in [-0.05, 0) is 63.2 Å². The summed E-state index contributed by atoms with van der Waals surface area (Å²) in [5.74, 6) is 1.88. The van der Waals surface area contributed by atoms with E-state index in [0.717, 1.165) is 11.8 Å². The number of hydrogen-bond donors (Lipinski definition) is 0. The van der Waals surface area contributed by atoms with Crippen molar-refractivity contribution in [2.75, 3.05) is 0 Å². The topological polar surface area (TPSA) is 26.3 Å². The van der Waals surface area contributed by atoms with E-state index in [1.54, 1.807) is 0 Å². The molecule has 2 saturated carbocycles. The highest BCUT2D eigenvalue weighted by molar-refractivity contribution is 5.10. The van der Waals surface area contributed by atoms with Crippen LogP contribution in [0.4, 0.5) is 0 Å². The standard InChI is InChI=1S/C14H26O.C2H6.CH2O/c1-11-3-7-13(8-4-11)15-14-9-5-12(2)6-10-14;2*1-2/h11-14H,3-10H2,1-2H3;1-2H3;1H2. The van der Waals surface area contributed by atoms with Crippen molar-refractivity contribution in [2.45, 2.75) is 91.3 Å². The van der Waals surface area contributed by atoms with Gasteiger partial charge in [0.1, 0.15) is 6.79 Å². The van der Waals surface area contributed by atoms with Gasteiger partial charge in [-0.3, -0.25) is 0 Å². The molecule has 0 atom stereocenters. The maximum atomic E-state index is 8.00. The molecule has 0 amide bonds. The van der Waals surface area contributed by atoms with Crippen molar-refractivity contribution in [3.63, 3.8) is 0 Å². The minimum Gasteiger partial charge on any atom is -0.375 e. The Balaban J connectivity index is 0.000000741. The summed E-state index contributed by atoms with van der Waals surface area (Å²) in [4.78, 5) is 8.00. The highest BCUT2D eigenvalue weighted by atomic mass is 16.5. The van der Waals surface area contributed by atoms with Crippen molar-refractivity contribution in [1.29, 1.82) is 0 Å². The molecule has 2 heteroatoms. The molecule has 0 N–H and O–H groups in total. The van der Waals surface area contributed by atoms with E-state index in [2.05, 4.69) is 13.8 Å². The molecule has 0 aromatic carbocycles. The summed E-state index contributed by atoms with van der Waals surface area (Å²) in [6, 6.07) is 0. The van der Waals surface area contributed by atoms with Crippen molar-refractivity contribution in [2.24, 2.45) is 11.8 Å². The van der Waals surface area contributed by atoms with Crippen molar-refractivity contribution in [1.82, 2.24) is 0 Å². The normalized spacial score (nSPS) is 34.3. The Hall–Kier alpha value is -0.370. The van der Waals surface area contributed by atoms with E-state index >= 15 is 0 Å². The number of rotatable bonds is 2. The molecule has 0 radical (unpaired) electrons. The number of carbonyl (C=O) groups is 1. The van der Waals surface area contributed by atoms with Crippen LogP contribution in [0.2, 0.25) is 0 Å². The lowest BCUT2D eigenvalue weighted by Gasteiger charge is -2.33. The number of carbonyl (C=O) groups excluding carboxylic acids is 1. The predicted octanol–water partition coefficient (Wildman–Crippen LogP) is 5.00. The van der Waals surface area contributed by atoms with E-state index in [1.807, 2.05) is 20.6 Å². The van der Waals surface area contributed by atoms with E-state index in [1.165, 1.54) is 51.4 Å². The van der Waals surface area contributed by atoms with Crippen molar-refractivity contribution >= 4 is 6.79 Å². The van der Waals surface area contributed by atoms with Gasteiger partial charge in [-0.2, -0.15) is 0 Å². The largest absolute Gasteiger partial charge is 0.375 e. The minimum atomic E-state index is 0.597. The molecule has 0 bridgehead atoms. The van der Waals surface area contributed by atoms with Crippen molar-refractivity contribution < 1.29 is 9.53 Å². The molecule has 0 aliphatic heterocycles. The van der Waals surface area contributed by atoms with Crippen LogP contribution in [0.15, 0.2) is 0 Å². The van der Waals surface area contributed by atoms with Crippen LogP contribution in [-0.2, 0) is 9.53 Å². The molecule has 0 saturated heterocycles. The summed E-state index contributed by atoms with van der Waals surface area (Å²) in [6.07, 6.45) is 12.0. The zero-order valence-corrected chi connectivity index (χ0v) is 13.5. The molecule has 19 heavy (non-hydrogen) atoms. The monoisotopic (exact) mass is 270 g/mol. The Labute approximate surface area is 120 Å². The van der Waals surface area contributed by atoms with Crippen LogP contribution in [0.3, 0.4) is 0 Å². The highest BCUT2D eigenvalue weighted by Gasteiger charge is 2.24. The van der Waals surface area contributed by atoms with E-state index in [4.69, 9.17) is 9.53 Å². The van der Waals surface area contributed by atoms with Crippen LogP contribution in [0.1, 0.15) is 79.1 Å². The zero-order valence-electron chi connectivity index (χ0n) is 13.5. The van der Waals surface area contributed by atoms with Crippen molar-refractivity contribution in [3.05, 3.63) is 0 Å². The molecule has 0 aromatic heterocycles. The van der Waals surface area contributed by atoms with Gasteiger partial charge in [-0.1, -0.05) is 27.7 Å². The summed E-state index contributed by atoms with van der Waals surface area (Å²) in [7, 11) is 0. The molecule has 0 aromatic rings. The first kappa shape index (κ1) is 18.6. The SMILES string of the molecule is C=O.CC.CC1CCC(OC2CCC(C)CC2)CC1. The van der Waals surface area contributed by atoms with Crippen LogP contribution in [-0.4, -0.2) is 19.0 Å². The van der Waals surface area contributed by atoms with E-state index < -0.39 is 0 Å². The molecule has 2 aliphatic carbocycles. The third kappa shape index (κ3) is 7.71. The van der Waals surface area contributed by atoms with Crippen molar-refractivity contribution in [3.8, 4) is 0 Å². The van der Waals surface area contributed by atoms with Gasteiger partial charge in [0.2, 0.25) is 0 Å². The Bertz CT molecular complexity index is 169. The van der Waals surface area contributed by atoms with Gasteiger partial charge in [-0.25, -0.2) is 0 Å². The second-order valence-electron chi connectivity index (χ2n) is 5.90. The van der Waals surface area contributed by atoms with Gasteiger partial charge in [0.15, 0.2) is 0 Å². The Kier molecular flexibility index (Phi) is 11.2. The summed E-state index contributed by atoms with van der Waals surface area (Å²) < 4.78 is 6.23. The maximum Gasteiger partial charge on any atom is 0.106 e. The fourth-order valence-electron chi connectivity index (χ4n) is 3.00. The van der Waals surface area contributed by atoms with Gasteiger partial charge in [0, 0.05) is 0 Å². The molecule has 2 nitrogen and oxygen atoms in total. The Morgan fingerprint density at radius 1 is 0.684 bits per heavy atom. The summed E-state index contributed by atoms with van der Waals surface area (Å²) in [5, 5.41) is 0. The van der Waals surface area contributed by atoms with Crippen LogP contribution in [0.25, 0.3) is 0 Å². The van der Waals surface area contributed by atoms with Gasteiger partial charge in [-0.15, -0.1) is 0 Å². The van der Waals surface area contributed by atoms with E-state index in [0.29, 0.717) is 12.2 Å². The molecule has 0 spiro atoms. The molecule has 0 unspecified atom stereocenters. The first-order valence-electron chi connectivity index (χ1n) is 8.18.